The van der Waals surface area contributed by atoms with Crippen LogP contribution in [0.4, 0.5) is 0 Å². The van der Waals surface area contributed by atoms with Crippen molar-refractivity contribution in [1.82, 2.24) is 0 Å². The molecule has 0 aromatic rings. The third kappa shape index (κ3) is 67.4. The van der Waals surface area contributed by atoms with Crippen LogP contribution < -0.4 is 0 Å². The van der Waals surface area contributed by atoms with E-state index >= 15 is 0 Å². The number of carbonyl (C=O) groups is 3. The van der Waals surface area contributed by atoms with E-state index in [4.69, 9.17) is 14.2 Å². The molecule has 0 aliphatic heterocycles. The Morgan fingerprint density at radius 3 is 0.695 bits per heavy atom. The molecule has 0 saturated carbocycles. The molecule has 0 N–H and O–H groups in total. The van der Waals surface area contributed by atoms with Gasteiger partial charge in [-0.3, -0.25) is 14.4 Å². The molecule has 0 aromatic carbocycles. The summed E-state index contributed by atoms with van der Waals surface area (Å²) in [7, 11) is 0. The van der Waals surface area contributed by atoms with Crippen molar-refractivity contribution >= 4 is 17.9 Å². The third-order valence-corrected chi connectivity index (χ3v) is 15.6. The monoisotopic (exact) mass is 1140 g/mol. The van der Waals surface area contributed by atoms with Gasteiger partial charge in [-0.1, -0.05) is 305 Å². The standard InChI is InChI=1S/C76H134O6/c1-4-7-10-13-16-19-22-25-28-30-32-34-36-38-40-42-44-46-48-51-54-57-60-63-66-69-75(78)81-72-73(71-80-74(77)68-65-62-59-56-53-50-27-24-21-18-15-12-9-6-3)82-76(79)70-67-64-61-58-55-52-49-47-45-43-41-39-37-35-33-31-29-26-23-20-17-14-11-8-5-2/h22-27,30-33,36-39,73H,4-21,28-29,34-35,40-72H2,1-3H3/b25-22-,26-23-,27-24-,32-30-,33-31-,38-36-,39-37-. The number of hydrogen-bond acceptors (Lipinski definition) is 6. The lowest BCUT2D eigenvalue weighted by Crippen LogP contribution is -2.30. The Balaban J connectivity index is 4.33. The van der Waals surface area contributed by atoms with E-state index in [-0.39, 0.29) is 31.1 Å². The highest BCUT2D eigenvalue weighted by Crippen LogP contribution is 2.17. The highest BCUT2D eigenvalue weighted by Gasteiger charge is 2.19. The van der Waals surface area contributed by atoms with Crippen molar-refractivity contribution in [3.63, 3.8) is 0 Å². The zero-order valence-electron chi connectivity index (χ0n) is 54.5. The molecule has 0 spiro atoms. The van der Waals surface area contributed by atoms with Gasteiger partial charge in [-0.25, -0.2) is 0 Å². The normalized spacial score (nSPS) is 12.6. The molecule has 0 fully saturated rings. The second-order valence-corrected chi connectivity index (χ2v) is 23.8. The van der Waals surface area contributed by atoms with Crippen LogP contribution in [-0.4, -0.2) is 37.2 Å². The summed E-state index contributed by atoms with van der Waals surface area (Å²) >= 11 is 0. The molecular formula is C76H134O6. The van der Waals surface area contributed by atoms with Gasteiger partial charge < -0.3 is 14.2 Å². The Morgan fingerprint density at radius 1 is 0.244 bits per heavy atom. The lowest BCUT2D eigenvalue weighted by atomic mass is 10.0. The molecule has 474 valence electrons. The van der Waals surface area contributed by atoms with E-state index < -0.39 is 6.10 Å². The molecule has 0 aliphatic carbocycles. The van der Waals surface area contributed by atoms with E-state index in [9.17, 15) is 14.4 Å². The Labute approximate surface area is 509 Å². The Morgan fingerprint density at radius 2 is 0.439 bits per heavy atom. The molecule has 0 bridgehead atoms. The lowest BCUT2D eigenvalue weighted by molar-refractivity contribution is -0.167. The maximum atomic E-state index is 13.0. The number of unbranched alkanes of at least 4 members (excludes halogenated alkanes) is 40. The Hall–Kier alpha value is -3.41. The summed E-state index contributed by atoms with van der Waals surface area (Å²) in [6.45, 7) is 6.64. The van der Waals surface area contributed by atoms with Gasteiger partial charge in [-0.15, -0.1) is 0 Å². The van der Waals surface area contributed by atoms with E-state index in [0.717, 1.165) is 89.9 Å². The minimum absolute atomic E-state index is 0.0812. The van der Waals surface area contributed by atoms with Crippen LogP contribution in [0.1, 0.15) is 361 Å². The SMILES string of the molecule is CCCCCCC/C=C\C/C=C\C/C=C\CCCCCCCCCCCCC(=O)OCC(COC(=O)CCCCCCC/C=C\CCCCCCC)OC(=O)CCCCCCCCCCCC/C=C\C/C=C\C/C=C\CCCCCCC. The fraction of sp³-hybridized carbons (Fsp3) is 0.776. The first-order valence-corrected chi connectivity index (χ1v) is 35.6. The maximum Gasteiger partial charge on any atom is 0.306 e. The highest BCUT2D eigenvalue weighted by atomic mass is 16.6. The van der Waals surface area contributed by atoms with Crippen LogP contribution in [0.3, 0.4) is 0 Å². The zero-order valence-corrected chi connectivity index (χ0v) is 54.5. The van der Waals surface area contributed by atoms with E-state index in [2.05, 4.69) is 106 Å². The summed E-state index contributed by atoms with van der Waals surface area (Å²) in [5, 5.41) is 0. The minimum Gasteiger partial charge on any atom is -0.462 e. The summed E-state index contributed by atoms with van der Waals surface area (Å²) in [6.07, 6.45) is 93.1. The van der Waals surface area contributed by atoms with Crippen molar-refractivity contribution in [2.45, 2.75) is 367 Å². The van der Waals surface area contributed by atoms with Crippen LogP contribution in [-0.2, 0) is 28.6 Å². The van der Waals surface area contributed by atoms with Gasteiger partial charge in [0.1, 0.15) is 13.2 Å². The van der Waals surface area contributed by atoms with Crippen molar-refractivity contribution < 1.29 is 28.6 Å². The van der Waals surface area contributed by atoms with Gasteiger partial charge in [-0.05, 0) is 122 Å². The highest BCUT2D eigenvalue weighted by molar-refractivity contribution is 5.71. The molecule has 82 heavy (non-hydrogen) atoms. The first kappa shape index (κ1) is 78.6. The average molecular weight is 1140 g/mol. The fourth-order valence-corrected chi connectivity index (χ4v) is 10.2. The summed E-state index contributed by atoms with van der Waals surface area (Å²) in [4.78, 5) is 38.5. The predicted molar refractivity (Wildman–Crippen MR) is 358 cm³/mol. The Kier molecular flexibility index (Phi) is 67.2. The molecule has 0 aliphatic rings. The third-order valence-electron chi connectivity index (χ3n) is 15.6. The van der Waals surface area contributed by atoms with Gasteiger partial charge in [0, 0.05) is 19.3 Å². The summed E-state index contributed by atoms with van der Waals surface area (Å²) in [5.74, 6) is -0.880. The molecular weight excluding hydrogens is 1010 g/mol. The van der Waals surface area contributed by atoms with E-state index in [0.29, 0.717) is 19.3 Å². The topological polar surface area (TPSA) is 78.9 Å². The van der Waals surface area contributed by atoms with Crippen LogP contribution in [0.15, 0.2) is 85.1 Å². The van der Waals surface area contributed by atoms with Gasteiger partial charge in [0.05, 0.1) is 0 Å². The van der Waals surface area contributed by atoms with E-state index in [1.807, 2.05) is 0 Å². The van der Waals surface area contributed by atoms with Crippen LogP contribution >= 0.6 is 0 Å². The summed E-state index contributed by atoms with van der Waals surface area (Å²) in [5.41, 5.74) is 0. The fourth-order valence-electron chi connectivity index (χ4n) is 10.2. The van der Waals surface area contributed by atoms with Crippen LogP contribution in [0.5, 0.6) is 0 Å². The quantitative estimate of drug-likeness (QED) is 0.0261. The molecule has 0 rings (SSSR count). The second kappa shape index (κ2) is 70.1. The molecule has 6 nitrogen and oxygen atoms in total. The van der Waals surface area contributed by atoms with Gasteiger partial charge in [-0.2, -0.15) is 0 Å². The second-order valence-electron chi connectivity index (χ2n) is 23.8. The molecule has 1 atom stereocenters. The van der Waals surface area contributed by atoms with Gasteiger partial charge >= 0.3 is 17.9 Å². The molecule has 6 heteroatoms. The van der Waals surface area contributed by atoms with Crippen molar-refractivity contribution in [2.24, 2.45) is 0 Å². The van der Waals surface area contributed by atoms with Crippen molar-refractivity contribution in [1.29, 1.82) is 0 Å². The number of carbonyl (C=O) groups excluding carboxylic acids is 3. The van der Waals surface area contributed by atoms with E-state index in [1.54, 1.807) is 0 Å². The number of rotatable bonds is 65. The lowest BCUT2D eigenvalue weighted by Gasteiger charge is -2.18. The van der Waals surface area contributed by atoms with Crippen molar-refractivity contribution in [2.75, 3.05) is 13.2 Å². The average Bonchev–Trinajstić information content (AvgIpc) is 3.47. The Bertz CT molecular complexity index is 1550. The predicted octanol–water partition coefficient (Wildman–Crippen LogP) is 24.6. The molecule has 0 saturated heterocycles. The first-order valence-electron chi connectivity index (χ1n) is 35.6. The summed E-state index contributed by atoms with van der Waals surface area (Å²) < 4.78 is 17.0. The smallest absolute Gasteiger partial charge is 0.306 e. The largest absolute Gasteiger partial charge is 0.462 e. The molecule has 0 radical (unpaired) electrons. The first-order chi connectivity index (χ1) is 40.5. The minimum atomic E-state index is -0.786. The van der Waals surface area contributed by atoms with Crippen LogP contribution in [0.25, 0.3) is 0 Å². The van der Waals surface area contributed by atoms with Gasteiger partial charge in [0.25, 0.3) is 0 Å². The number of allylic oxidation sites excluding steroid dienone is 14. The number of esters is 3. The van der Waals surface area contributed by atoms with Crippen LogP contribution in [0.2, 0.25) is 0 Å². The van der Waals surface area contributed by atoms with Gasteiger partial charge in [0.15, 0.2) is 6.10 Å². The number of hydrogen-bond donors (Lipinski definition) is 0. The zero-order chi connectivity index (χ0) is 59.2. The van der Waals surface area contributed by atoms with Crippen molar-refractivity contribution in [3.8, 4) is 0 Å². The number of ether oxygens (including phenoxy) is 3. The van der Waals surface area contributed by atoms with E-state index in [1.165, 1.54) is 231 Å². The van der Waals surface area contributed by atoms with Gasteiger partial charge in [0.2, 0.25) is 0 Å². The maximum absolute atomic E-state index is 13.0. The summed E-state index contributed by atoms with van der Waals surface area (Å²) in [6, 6.07) is 0. The molecule has 0 aromatic heterocycles. The van der Waals surface area contributed by atoms with Crippen LogP contribution in [0, 0.1) is 0 Å². The van der Waals surface area contributed by atoms with Crippen molar-refractivity contribution in [3.05, 3.63) is 85.1 Å². The molecule has 1 unspecified atom stereocenters. The molecule has 0 amide bonds. The molecule has 0 heterocycles.